The molecule has 0 heterocycles. The molecule has 0 aliphatic rings. The lowest BCUT2D eigenvalue weighted by atomic mass is 10.3. The molecule has 0 spiro atoms. The third-order valence-corrected chi connectivity index (χ3v) is 3.37. The zero-order valence-electron chi connectivity index (χ0n) is 11.2. The van der Waals surface area contributed by atoms with Gasteiger partial charge >= 0.3 is 5.97 Å². The fourth-order valence-electron chi connectivity index (χ4n) is 1.17. The zero-order valence-corrected chi connectivity index (χ0v) is 13.0. The maximum absolute atomic E-state index is 11.7. The summed E-state index contributed by atoms with van der Waals surface area (Å²) in [6.45, 7) is 8.11. The summed E-state index contributed by atoms with van der Waals surface area (Å²) in [6.07, 6.45) is -0.0947. The molecule has 1 aromatic rings. The van der Waals surface area contributed by atoms with Crippen LogP contribution in [0.2, 0.25) is 24.7 Å². The van der Waals surface area contributed by atoms with E-state index < -0.39 is 14.2 Å². The van der Waals surface area contributed by atoms with E-state index in [0.29, 0.717) is 17.0 Å². The third-order valence-electron chi connectivity index (χ3n) is 2.11. The summed E-state index contributed by atoms with van der Waals surface area (Å²) >= 11 is 5.77. The molecular formula is C13H19ClO3Si. The van der Waals surface area contributed by atoms with Crippen LogP contribution in [0.15, 0.2) is 24.3 Å². The molecule has 100 valence electrons. The van der Waals surface area contributed by atoms with Crippen LogP contribution in [0.1, 0.15) is 6.92 Å². The first kappa shape index (κ1) is 15.1. The lowest BCUT2D eigenvalue weighted by molar-refractivity contribution is -0.149. The predicted octanol–water partition coefficient (Wildman–Crippen LogP) is 3.53. The van der Waals surface area contributed by atoms with Crippen molar-refractivity contribution in [2.24, 2.45) is 0 Å². The highest BCUT2D eigenvalue weighted by Gasteiger charge is 2.21. The molecule has 0 amide bonds. The Kier molecular flexibility index (Phi) is 5.23. The van der Waals surface area contributed by atoms with Crippen LogP contribution >= 0.6 is 11.6 Å². The van der Waals surface area contributed by atoms with Crippen molar-refractivity contribution < 1.29 is 14.3 Å². The summed E-state index contributed by atoms with van der Waals surface area (Å²) in [5.41, 5.74) is 0. The van der Waals surface area contributed by atoms with Crippen LogP contribution in [-0.4, -0.2) is 26.4 Å². The third kappa shape index (κ3) is 5.56. The Balaban J connectivity index is 2.47. The minimum atomic E-state index is -1.38. The number of halogens is 1. The largest absolute Gasteiger partial charge is 0.479 e. The average Bonchev–Trinajstić information content (AvgIpc) is 2.28. The Morgan fingerprint density at radius 3 is 2.33 bits per heavy atom. The number of hydrogen-bond donors (Lipinski definition) is 0. The van der Waals surface area contributed by atoms with Crippen molar-refractivity contribution in [3.63, 3.8) is 0 Å². The van der Waals surface area contributed by atoms with Crippen LogP contribution in [0.3, 0.4) is 0 Å². The smallest absolute Gasteiger partial charge is 0.346 e. The van der Waals surface area contributed by atoms with E-state index in [1.165, 1.54) is 0 Å². The maximum atomic E-state index is 11.7. The minimum Gasteiger partial charge on any atom is -0.479 e. The fourth-order valence-corrected chi connectivity index (χ4v) is 1.87. The fraction of sp³-hybridized carbons (Fsp3) is 0.462. The molecule has 5 heteroatoms. The molecule has 0 fully saturated rings. The van der Waals surface area contributed by atoms with Crippen molar-refractivity contribution in [1.82, 2.24) is 0 Å². The van der Waals surface area contributed by atoms with Crippen LogP contribution in [0.25, 0.3) is 0 Å². The molecule has 0 unspecified atom stereocenters. The van der Waals surface area contributed by atoms with E-state index in [4.69, 9.17) is 21.1 Å². The standard InChI is InChI=1S/C13H19ClO3Si/c1-10(13(15)16-9-18(2,3)4)17-12-7-5-11(14)6-8-12/h5-8,10H,9H2,1-4H3/t10-/m1/s1. The molecule has 1 rings (SSSR count). The molecule has 0 aromatic heterocycles. The Bertz CT molecular complexity index is 398. The van der Waals surface area contributed by atoms with Gasteiger partial charge in [-0.15, -0.1) is 0 Å². The second-order valence-corrected chi connectivity index (χ2v) is 11.2. The van der Waals surface area contributed by atoms with Crippen LogP contribution < -0.4 is 4.74 Å². The lowest BCUT2D eigenvalue weighted by Gasteiger charge is -2.18. The first-order valence-corrected chi connectivity index (χ1v) is 9.95. The molecule has 18 heavy (non-hydrogen) atoms. The SMILES string of the molecule is C[C@@H](Oc1ccc(Cl)cc1)C(=O)OC[Si](C)(C)C. The van der Waals surface area contributed by atoms with E-state index in [0.717, 1.165) is 0 Å². The van der Waals surface area contributed by atoms with Crippen molar-refractivity contribution in [3.8, 4) is 5.75 Å². The molecule has 0 saturated carbocycles. The van der Waals surface area contributed by atoms with Crippen molar-refractivity contribution >= 4 is 25.6 Å². The van der Waals surface area contributed by atoms with Crippen molar-refractivity contribution in [2.45, 2.75) is 32.7 Å². The van der Waals surface area contributed by atoms with E-state index in [2.05, 4.69) is 19.6 Å². The van der Waals surface area contributed by atoms with Gasteiger partial charge < -0.3 is 9.47 Å². The second-order valence-electron chi connectivity index (χ2n) is 5.38. The Labute approximate surface area is 114 Å². The number of benzene rings is 1. The van der Waals surface area contributed by atoms with Gasteiger partial charge in [-0.3, -0.25) is 0 Å². The minimum absolute atomic E-state index is 0.327. The highest BCUT2D eigenvalue weighted by atomic mass is 35.5. The normalized spacial score (nSPS) is 12.9. The van der Waals surface area contributed by atoms with Gasteiger partial charge in [0.25, 0.3) is 0 Å². The number of ether oxygens (including phenoxy) is 2. The van der Waals surface area contributed by atoms with Gasteiger partial charge in [0.1, 0.15) is 5.75 Å². The Morgan fingerprint density at radius 2 is 1.83 bits per heavy atom. The van der Waals surface area contributed by atoms with Gasteiger partial charge in [0.05, 0.1) is 14.3 Å². The molecule has 0 saturated heterocycles. The topological polar surface area (TPSA) is 35.5 Å². The van der Waals surface area contributed by atoms with Gasteiger partial charge in [-0.2, -0.15) is 0 Å². The van der Waals surface area contributed by atoms with Gasteiger partial charge in [0.15, 0.2) is 6.10 Å². The van der Waals surface area contributed by atoms with E-state index in [9.17, 15) is 4.79 Å². The molecule has 1 atom stereocenters. The van der Waals surface area contributed by atoms with Crippen LogP contribution in [0, 0.1) is 0 Å². The summed E-state index contributed by atoms with van der Waals surface area (Å²) in [5, 5.41) is 0.635. The van der Waals surface area contributed by atoms with Crippen LogP contribution in [-0.2, 0) is 9.53 Å². The highest BCUT2D eigenvalue weighted by Crippen LogP contribution is 2.17. The first-order chi connectivity index (χ1) is 8.28. The molecule has 0 aliphatic heterocycles. The van der Waals surface area contributed by atoms with Crippen LogP contribution in [0.5, 0.6) is 5.75 Å². The Hall–Kier alpha value is -1.00. The molecule has 3 nitrogen and oxygen atoms in total. The van der Waals surface area contributed by atoms with Crippen molar-refractivity contribution in [3.05, 3.63) is 29.3 Å². The number of rotatable bonds is 5. The van der Waals surface area contributed by atoms with Crippen molar-refractivity contribution in [2.75, 3.05) is 6.23 Å². The summed E-state index contributed by atoms with van der Waals surface area (Å²) in [7, 11) is -1.38. The maximum Gasteiger partial charge on any atom is 0.346 e. The highest BCUT2D eigenvalue weighted by molar-refractivity contribution is 6.76. The molecule has 0 radical (unpaired) electrons. The Morgan fingerprint density at radius 1 is 1.28 bits per heavy atom. The molecular weight excluding hydrogens is 268 g/mol. The monoisotopic (exact) mass is 286 g/mol. The molecule has 0 N–H and O–H groups in total. The van der Waals surface area contributed by atoms with E-state index in [1.807, 2.05) is 0 Å². The van der Waals surface area contributed by atoms with E-state index in [-0.39, 0.29) is 5.97 Å². The number of esters is 1. The number of carbonyl (C=O) groups excluding carboxylic acids is 1. The lowest BCUT2D eigenvalue weighted by Crippen LogP contribution is -2.34. The number of carbonyl (C=O) groups is 1. The molecule has 0 aliphatic carbocycles. The van der Waals surface area contributed by atoms with Gasteiger partial charge in [0.2, 0.25) is 0 Å². The van der Waals surface area contributed by atoms with Gasteiger partial charge in [0, 0.05) is 5.02 Å². The van der Waals surface area contributed by atoms with Crippen LogP contribution in [0.4, 0.5) is 0 Å². The average molecular weight is 287 g/mol. The first-order valence-electron chi connectivity index (χ1n) is 5.87. The van der Waals surface area contributed by atoms with Gasteiger partial charge in [-0.1, -0.05) is 31.2 Å². The summed E-state index contributed by atoms with van der Waals surface area (Å²) in [4.78, 5) is 11.7. The molecule has 1 aromatic carbocycles. The van der Waals surface area contributed by atoms with Gasteiger partial charge in [-0.05, 0) is 31.2 Å². The van der Waals surface area contributed by atoms with E-state index in [1.54, 1.807) is 31.2 Å². The summed E-state index contributed by atoms with van der Waals surface area (Å²) < 4.78 is 10.7. The zero-order chi connectivity index (χ0) is 13.8. The number of hydrogen-bond acceptors (Lipinski definition) is 3. The van der Waals surface area contributed by atoms with Crippen molar-refractivity contribution in [1.29, 1.82) is 0 Å². The molecule has 0 bridgehead atoms. The predicted molar refractivity (Wildman–Crippen MR) is 75.8 cm³/mol. The van der Waals surface area contributed by atoms with Gasteiger partial charge in [-0.25, -0.2) is 4.79 Å². The summed E-state index contributed by atoms with van der Waals surface area (Å²) in [6, 6.07) is 6.89. The summed E-state index contributed by atoms with van der Waals surface area (Å²) in [5.74, 6) is 0.282. The second kappa shape index (κ2) is 6.25. The quantitative estimate of drug-likeness (QED) is 0.614. The van der Waals surface area contributed by atoms with E-state index >= 15 is 0 Å².